The maximum Gasteiger partial charge on any atom is 0.187 e. The second-order valence-electron chi connectivity index (χ2n) is 12.8. The Morgan fingerprint density at radius 3 is 1.64 bits per heavy atom. The van der Waals surface area contributed by atoms with Crippen molar-refractivity contribution in [3.05, 3.63) is 0 Å². The van der Waals surface area contributed by atoms with E-state index < -0.39 is 135 Å². The summed E-state index contributed by atoms with van der Waals surface area (Å²) in [4.78, 5) is 0. The Bertz CT molecular complexity index is 927. The van der Waals surface area contributed by atoms with E-state index in [4.69, 9.17) is 23.7 Å². The Kier molecular flexibility index (Phi) is 11.2. The van der Waals surface area contributed by atoms with Gasteiger partial charge < -0.3 is 85.0 Å². The molecule has 0 aromatic carbocycles. The zero-order chi connectivity index (χ0) is 32.0. The van der Waals surface area contributed by atoms with E-state index in [9.17, 15) is 61.3 Å². The molecule has 17 nitrogen and oxygen atoms in total. The van der Waals surface area contributed by atoms with Crippen molar-refractivity contribution in [3.63, 3.8) is 0 Å². The molecule has 44 heavy (non-hydrogen) atoms. The topological polar surface area (TPSA) is 292 Å². The highest BCUT2D eigenvalue weighted by molar-refractivity contribution is 5.00. The standard InChI is InChI=1S/C27H46O17/c28-6-16-19(34)21(36)23(38)26(43-16)41-14-2-8(1-12(32)18(14)33)25-15(5-10-11(31)3-9(30)4-13(10)40-25)42-27-24(39)22(37)20(35)17(7-29)44-27/h8-39H,1-7H2/p+1. The van der Waals surface area contributed by atoms with E-state index in [1.807, 2.05) is 0 Å². The molecule has 256 valence electrons. The van der Waals surface area contributed by atoms with Gasteiger partial charge in [-0.05, 0) is 19.3 Å². The lowest BCUT2D eigenvalue weighted by Gasteiger charge is -2.49. The van der Waals surface area contributed by atoms with Crippen LogP contribution in [0.25, 0.3) is 0 Å². The van der Waals surface area contributed by atoms with Gasteiger partial charge in [0.25, 0.3) is 0 Å². The number of ether oxygens (including phenoxy) is 5. The van der Waals surface area contributed by atoms with Gasteiger partial charge in [0, 0.05) is 18.8 Å². The van der Waals surface area contributed by atoms with Gasteiger partial charge in [-0.25, -0.2) is 0 Å². The van der Waals surface area contributed by atoms with Crippen LogP contribution in [-0.4, -0.2) is 189 Å². The third-order valence-corrected chi connectivity index (χ3v) is 9.92. The van der Waals surface area contributed by atoms with Gasteiger partial charge in [0.05, 0.1) is 43.5 Å². The molecule has 13 N–H and O–H groups in total. The second kappa shape index (κ2) is 14.2. The monoisotopic (exact) mass is 643 g/mol. The number of rotatable bonds is 7. The first-order valence-corrected chi connectivity index (χ1v) is 15.2. The summed E-state index contributed by atoms with van der Waals surface area (Å²) in [6.07, 6.45) is -23.0. The van der Waals surface area contributed by atoms with E-state index in [0.717, 1.165) is 0 Å². The fourth-order valence-electron chi connectivity index (χ4n) is 7.38. The average Bonchev–Trinajstić information content (AvgIpc) is 2.99. The van der Waals surface area contributed by atoms with Gasteiger partial charge in [-0.1, -0.05) is 0 Å². The number of aliphatic hydroxyl groups excluding tert-OH is 12. The molecule has 17 heteroatoms. The van der Waals surface area contributed by atoms with Gasteiger partial charge in [-0.15, -0.1) is 0 Å². The first-order valence-electron chi connectivity index (χ1n) is 15.2. The largest absolute Gasteiger partial charge is 0.427 e. The van der Waals surface area contributed by atoms with Crippen LogP contribution in [0.4, 0.5) is 0 Å². The summed E-state index contributed by atoms with van der Waals surface area (Å²) >= 11 is 0. The molecule has 5 rings (SSSR count). The highest BCUT2D eigenvalue weighted by Crippen LogP contribution is 2.43. The van der Waals surface area contributed by atoms with Crippen molar-refractivity contribution >= 4 is 0 Å². The van der Waals surface area contributed by atoms with Gasteiger partial charge in [0.1, 0.15) is 61.0 Å². The van der Waals surface area contributed by atoms with E-state index in [2.05, 4.69) is 0 Å². The maximum absolute atomic E-state index is 10.9. The summed E-state index contributed by atoms with van der Waals surface area (Å²) in [6.45, 7) is -1.37. The molecule has 0 aromatic heterocycles. The van der Waals surface area contributed by atoms with E-state index in [1.165, 1.54) is 0 Å². The van der Waals surface area contributed by atoms with Crippen LogP contribution in [0.15, 0.2) is 0 Å². The zero-order valence-corrected chi connectivity index (χ0v) is 23.9. The highest BCUT2D eigenvalue weighted by atomic mass is 16.7. The van der Waals surface area contributed by atoms with Crippen molar-refractivity contribution in [2.24, 2.45) is 11.8 Å². The van der Waals surface area contributed by atoms with Crippen molar-refractivity contribution < 1.29 is 85.0 Å². The van der Waals surface area contributed by atoms with Crippen LogP contribution in [0.3, 0.4) is 0 Å². The quantitative estimate of drug-likeness (QED) is 0.115. The molecule has 0 bridgehead atoms. The molecule has 3 heterocycles. The molecule has 3 saturated heterocycles. The molecule has 20 atom stereocenters. The van der Waals surface area contributed by atoms with E-state index in [1.54, 1.807) is 0 Å². The van der Waals surface area contributed by atoms with Gasteiger partial charge in [0.15, 0.2) is 24.8 Å². The molecule has 0 aromatic rings. The SMILES string of the molecule is OCC1OC(OC2CC(C3[OH+]C4CC(O)CC(O)C4CC3OC3OC(CO)C(O)C(O)C3O)CC(O)C2O)C(O)C(O)C1O. The summed E-state index contributed by atoms with van der Waals surface area (Å²) in [6, 6.07) is 0. The number of aliphatic hydroxyl groups is 14. The normalized spacial score (nSPS) is 55.4. The summed E-state index contributed by atoms with van der Waals surface area (Å²) in [5.41, 5.74) is 0. The third-order valence-electron chi connectivity index (χ3n) is 9.92. The fraction of sp³-hybridized carbons (Fsp3) is 1.00. The fourth-order valence-corrected chi connectivity index (χ4v) is 7.38. The molecule has 2 saturated carbocycles. The first kappa shape index (κ1) is 34.6. The third kappa shape index (κ3) is 6.81. The van der Waals surface area contributed by atoms with Crippen LogP contribution in [0.2, 0.25) is 0 Å². The summed E-state index contributed by atoms with van der Waals surface area (Å²) < 4.78 is 27.8. The molecule has 5 aliphatic rings. The van der Waals surface area contributed by atoms with Gasteiger partial charge >= 0.3 is 0 Å². The molecule has 3 aliphatic heterocycles. The minimum atomic E-state index is -1.75. The second-order valence-corrected chi connectivity index (χ2v) is 12.8. The zero-order valence-electron chi connectivity index (χ0n) is 23.9. The number of fused-ring (bicyclic) bond motifs is 1. The highest BCUT2D eigenvalue weighted by Gasteiger charge is 2.56. The number of hydrogen-bond donors (Lipinski definition) is 12. The Morgan fingerprint density at radius 1 is 0.545 bits per heavy atom. The molecule has 0 spiro atoms. The molecule has 20 unspecified atom stereocenters. The van der Waals surface area contributed by atoms with Crippen molar-refractivity contribution in [1.29, 1.82) is 0 Å². The van der Waals surface area contributed by atoms with Crippen LogP contribution >= 0.6 is 0 Å². The Labute approximate surface area is 252 Å². The minimum Gasteiger partial charge on any atom is -0.427 e. The Balaban J connectivity index is 1.37. The molecular formula is C27H47O17+. The van der Waals surface area contributed by atoms with Crippen LogP contribution in [0, 0.1) is 11.8 Å². The molecular weight excluding hydrogens is 596 g/mol. The van der Waals surface area contributed by atoms with Crippen molar-refractivity contribution in [2.75, 3.05) is 13.2 Å². The van der Waals surface area contributed by atoms with Crippen LogP contribution < -0.4 is 0 Å². The van der Waals surface area contributed by atoms with Gasteiger partial charge in [-0.3, -0.25) is 0 Å². The van der Waals surface area contributed by atoms with Crippen molar-refractivity contribution in [2.45, 2.75) is 142 Å². The Morgan fingerprint density at radius 2 is 1.09 bits per heavy atom. The minimum absolute atomic E-state index is 0.000903. The molecule has 0 amide bonds. The lowest BCUT2D eigenvalue weighted by atomic mass is 9.72. The predicted molar refractivity (Wildman–Crippen MR) is 141 cm³/mol. The predicted octanol–water partition coefficient (Wildman–Crippen LogP) is -6.71. The lowest BCUT2D eigenvalue weighted by Crippen LogP contribution is -2.64. The summed E-state index contributed by atoms with van der Waals surface area (Å²) in [5.74, 6) is -1.03. The van der Waals surface area contributed by atoms with E-state index in [0.29, 0.717) is 0 Å². The van der Waals surface area contributed by atoms with Crippen LogP contribution in [0.1, 0.15) is 32.1 Å². The maximum atomic E-state index is 10.9. The van der Waals surface area contributed by atoms with Gasteiger partial charge in [0.2, 0.25) is 0 Å². The van der Waals surface area contributed by atoms with Crippen LogP contribution in [0.5, 0.6) is 0 Å². The van der Waals surface area contributed by atoms with Gasteiger partial charge in [-0.2, -0.15) is 0 Å². The number of hydrogen-bond acceptors (Lipinski definition) is 16. The van der Waals surface area contributed by atoms with Crippen molar-refractivity contribution in [1.82, 2.24) is 0 Å². The van der Waals surface area contributed by atoms with Crippen LogP contribution in [-0.2, 0) is 18.9 Å². The Hall–Kier alpha value is -0.680. The van der Waals surface area contributed by atoms with E-state index >= 15 is 0 Å². The molecule has 2 aliphatic carbocycles. The van der Waals surface area contributed by atoms with Crippen molar-refractivity contribution in [3.8, 4) is 0 Å². The molecule has 5 fully saturated rings. The summed E-state index contributed by atoms with van der Waals surface area (Å²) in [5, 5.41) is 124. The molecule has 0 radical (unpaired) electrons. The average molecular weight is 644 g/mol. The van der Waals surface area contributed by atoms with E-state index in [-0.39, 0.29) is 32.1 Å². The smallest absolute Gasteiger partial charge is 0.187 e. The first-order chi connectivity index (χ1) is 20.8. The lowest BCUT2D eigenvalue weighted by molar-refractivity contribution is -0.360. The summed E-state index contributed by atoms with van der Waals surface area (Å²) in [7, 11) is 0.